The first-order valence-corrected chi connectivity index (χ1v) is 6.93. The number of carbonyl (C=O) groups excluding carboxylic acids is 1. The Balaban J connectivity index is 1.74. The standard InChI is InChI=1S/C15H21FN2O/c1-12-5-6-13(14(16)11-12)15(19)17-7-4-10-18-8-2-3-9-18/h5-6,11H,2-4,7-10H2,1H3,(H,17,19). The van der Waals surface area contributed by atoms with Crippen molar-refractivity contribution in [1.29, 1.82) is 0 Å². The number of hydrogen-bond donors (Lipinski definition) is 1. The first kappa shape index (κ1) is 14.0. The average Bonchev–Trinajstić information content (AvgIpc) is 2.87. The predicted octanol–water partition coefficient (Wildman–Crippen LogP) is 2.35. The predicted molar refractivity (Wildman–Crippen MR) is 73.8 cm³/mol. The Hall–Kier alpha value is -1.42. The van der Waals surface area contributed by atoms with E-state index in [1.807, 2.05) is 0 Å². The third-order valence-electron chi connectivity index (χ3n) is 3.50. The van der Waals surface area contributed by atoms with E-state index in [2.05, 4.69) is 10.2 Å². The smallest absolute Gasteiger partial charge is 0.254 e. The van der Waals surface area contributed by atoms with E-state index in [4.69, 9.17) is 0 Å². The zero-order valence-corrected chi connectivity index (χ0v) is 11.4. The quantitative estimate of drug-likeness (QED) is 0.828. The van der Waals surface area contributed by atoms with Crippen LogP contribution < -0.4 is 5.32 Å². The van der Waals surface area contributed by atoms with E-state index in [1.54, 1.807) is 19.1 Å². The van der Waals surface area contributed by atoms with E-state index in [9.17, 15) is 9.18 Å². The van der Waals surface area contributed by atoms with E-state index in [0.29, 0.717) is 6.54 Å². The Morgan fingerprint density at radius 3 is 2.79 bits per heavy atom. The fourth-order valence-corrected chi connectivity index (χ4v) is 2.41. The molecule has 4 heteroatoms. The molecule has 3 nitrogen and oxygen atoms in total. The van der Waals surface area contributed by atoms with Crippen LogP contribution in [-0.4, -0.2) is 37.0 Å². The summed E-state index contributed by atoms with van der Waals surface area (Å²) in [5.41, 5.74) is 0.954. The topological polar surface area (TPSA) is 32.3 Å². The van der Waals surface area contributed by atoms with Gasteiger partial charge in [0.2, 0.25) is 0 Å². The van der Waals surface area contributed by atoms with Crippen molar-refractivity contribution < 1.29 is 9.18 Å². The highest BCUT2D eigenvalue weighted by molar-refractivity contribution is 5.94. The lowest BCUT2D eigenvalue weighted by atomic mass is 10.1. The van der Waals surface area contributed by atoms with Gasteiger partial charge < -0.3 is 10.2 Å². The van der Waals surface area contributed by atoms with Crippen LogP contribution >= 0.6 is 0 Å². The summed E-state index contributed by atoms with van der Waals surface area (Å²) in [5.74, 6) is -0.768. The van der Waals surface area contributed by atoms with Crippen molar-refractivity contribution >= 4 is 5.91 Å². The lowest BCUT2D eigenvalue weighted by Crippen LogP contribution is -2.29. The summed E-state index contributed by atoms with van der Waals surface area (Å²) in [6.45, 7) is 5.75. The van der Waals surface area contributed by atoms with Crippen LogP contribution in [0.3, 0.4) is 0 Å². The number of halogens is 1. The van der Waals surface area contributed by atoms with Gasteiger partial charge in [-0.3, -0.25) is 4.79 Å². The fraction of sp³-hybridized carbons (Fsp3) is 0.533. The zero-order valence-electron chi connectivity index (χ0n) is 11.4. The molecule has 1 fully saturated rings. The molecule has 1 aliphatic rings. The van der Waals surface area contributed by atoms with Gasteiger partial charge in [-0.25, -0.2) is 4.39 Å². The molecule has 1 saturated heterocycles. The highest BCUT2D eigenvalue weighted by Gasteiger charge is 2.12. The summed E-state index contributed by atoms with van der Waals surface area (Å²) in [5, 5.41) is 2.78. The van der Waals surface area contributed by atoms with Gasteiger partial charge in [0.15, 0.2) is 0 Å². The molecule has 1 aliphatic heterocycles. The van der Waals surface area contributed by atoms with Crippen molar-refractivity contribution in [3.05, 3.63) is 35.1 Å². The molecule has 2 rings (SSSR count). The van der Waals surface area contributed by atoms with E-state index in [1.165, 1.54) is 32.0 Å². The summed E-state index contributed by atoms with van der Waals surface area (Å²) < 4.78 is 13.6. The highest BCUT2D eigenvalue weighted by atomic mass is 19.1. The maximum atomic E-state index is 13.6. The zero-order chi connectivity index (χ0) is 13.7. The minimum absolute atomic E-state index is 0.131. The second-order valence-electron chi connectivity index (χ2n) is 5.14. The fourth-order valence-electron chi connectivity index (χ4n) is 2.41. The minimum atomic E-state index is -0.447. The molecule has 0 atom stereocenters. The molecule has 0 saturated carbocycles. The Morgan fingerprint density at radius 1 is 1.37 bits per heavy atom. The van der Waals surface area contributed by atoms with E-state index in [-0.39, 0.29) is 11.5 Å². The number of amides is 1. The van der Waals surface area contributed by atoms with Crippen LogP contribution in [0, 0.1) is 12.7 Å². The summed E-state index contributed by atoms with van der Waals surface area (Å²) in [7, 11) is 0. The van der Waals surface area contributed by atoms with Crippen molar-refractivity contribution in [1.82, 2.24) is 10.2 Å². The van der Waals surface area contributed by atoms with Gasteiger partial charge in [-0.2, -0.15) is 0 Å². The van der Waals surface area contributed by atoms with Crippen LogP contribution in [0.2, 0.25) is 0 Å². The number of hydrogen-bond acceptors (Lipinski definition) is 2. The van der Waals surface area contributed by atoms with Gasteiger partial charge >= 0.3 is 0 Å². The summed E-state index contributed by atoms with van der Waals surface area (Å²) in [6, 6.07) is 4.68. The van der Waals surface area contributed by atoms with Crippen molar-refractivity contribution in [3.8, 4) is 0 Å². The van der Waals surface area contributed by atoms with Crippen LogP contribution in [0.25, 0.3) is 0 Å². The third kappa shape index (κ3) is 4.03. The molecule has 1 aromatic carbocycles. The average molecular weight is 264 g/mol. The molecule has 0 unspecified atom stereocenters. The molecule has 1 aromatic rings. The molecule has 104 valence electrons. The summed E-state index contributed by atoms with van der Waals surface area (Å²) in [6.07, 6.45) is 3.47. The lowest BCUT2D eigenvalue weighted by molar-refractivity contribution is 0.0948. The van der Waals surface area contributed by atoms with Crippen LogP contribution in [0.15, 0.2) is 18.2 Å². The van der Waals surface area contributed by atoms with Gasteiger partial charge in [-0.05, 0) is 63.5 Å². The Kier molecular flexibility index (Phi) is 4.91. The molecule has 0 spiro atoms. The molecular weight excluding hydrogens is 243 g/mol. The molecular formula is C15H21FN2O. The van der Waals surface area contributed by atoms with Crippen molar-refractivity contribution in [3.63, 3.8) is 0 Å². The van der Waals surface area contributed by atoms with Gasteiger partial charge in [0.1, 0.15) is 5.82 Å². The third-order valence-corrected chi connectivity index (χ3v) is 3.50. The van der Waals surface area contributed by atoms with Crippen LogP contribution in [0.5, 0.6) is 0 Å². The van der Waals surface area contributed by atoms with Gasteiger partial charge in [-0.1, -0.05) is 6.07 Å². The maximum absolute atomic E-state index is 13.6. The van der Waals surface area contributed by atoms with Gasteiger partial charge in [0.05, 0.1) is 5.56 Å². The largest absolute Gasteiger partial charge is 0.352 e. The molecule has 0 aromatic heterocycles. The molecule has 0 radical (unpaired) electrons. The molecule has 1 N–H and O–H groups in total. The molecule has 19 heavy (non-hydrogen) atoms. The highest BCUT2D eigenvalue weighted by Crippen LogP contribution is 2.10. The minimum Gasteiger partial charge on any atom is -0.352 e. The van der Waals surface area contributed by atoms with Crippen molar-refractivity contribution in [2.45, 2.75) is 26.2 Å². The normalized spacial score (nSPS) is 15.7. The molecule has 1 amide bonds. The number of nitrogens with one attached hydrogen (secondary N) is 1. The first-order chi connectivity index (χ1) is 9.16. The van der Waals surface area contributed by atoms with Gasteiger partial charge in [0, 0.05) is 6.54 Å². The Morgan fingerprint density at radius 2 is 2.11 bits per heavy atom. The van der Waals surface area contributed by atoms with Gasteiger partial charge in [0.25, 0.3) is 5.91 Å². The van der Waals surface area contributed by atoms with Crippen molar-refractivity contribution in [2.75, 3.05) is 26.2 Å². The maximum Gasteiger partial charge on any atom is 0.254 e. The Labute approximate surface area is 113 Å². The van der Waals surface area contributed by atoms with Crippen molar-refractivity contribution in [2.24, 2.45) is 0 Å². The lowest BCUT2D eigenvalue weighted by Gasteiger charge is -2.14. The van der Waals surface area contributed by atoms with E-state index >= 15 is 0 Å². The number of nitrogens with zero attached hydrogens (tertiary/aromatic N) is 1. The SMILES string of the molecule is Cc1ccc(C(=O)NCCCN2CCCC2)c(F)c1. The summed E-state index contributed by atoms with van der Waals surface area (Å²) in [4.78, 5) is 14.2. The van der Waals surface area contributed by atoms with E-state index in [0.717, 1.165) is 18.5 Å². The van der Waals surface area contributed by atoms with Crippen LogP contribution in [-0.2, 0) is 0 Å². The monoisotopic (exact) mass is 264 g/mol. The second-order valence-corrected chi connectivity index (χ2v) is 5.14. The van der Waals surface area contributed by atoms with Gasteiger partial charge in [-0.15, -0.1) is 0 Å². The molecule has 1 heterocycles. The number of likely N-dealkylation sites (tertiary alicyclic amines) is 1. The number of rotatable bonds is 5. The van der Waals surface area contributed by atoms with Crippen LogP contribution in [0.1, 0.15) is 35.2 Å². The Bertz CT molecular complexity index is 442. The number of carbonyl (C=O) groups is 1. The van der Waals surface area contributed by atoms with E-state index < -0.39 is 5.82 Å². The van der Waals surface area contributed by atoms with Crippen LogP contribution in [0.4, 0.5) is 4.39 Å². The number of aryl methyl sites for hydroxylation is 1. The first-order valence-electron chi connectivity index (χ1n) is 6.93. The summed E-state index contributed by atoms with van der Waals surface area (Å²) >= 11 is 0. The molecule has 0 bridgehead atoms. The number of benzene rings is 1. The second kappa shape index (κ2) is 6.66. The molecule has 0 aliphatic carbocycles.